The van der Waals surface area contributed by atoms with Crippen LogP contribution < -0.4 is 5.32 Å². The van der Waals surface area contributed by atoms with Gasteiger partial charge in [-0.25, -0.2) is 19.3 Å². The Hall–Kier alpha value is -3.14. The van der Waals surface area contributed by atoms with E-state index < -0.39 is 11.1 Å². The molecule has 0 radical (unpaired) electrons. The summed E-state index contributed by atoms with van der Waals surface area (Å²) in [6, 6.07) is 6.80. The molecule has 0 spiro atoms. The van der Waals surface area contributed by atoms with E-state index in [9.17, 15) is 17.6 Å². The molecular weight excluding hydrogens is 394 g/mol. The lowest BCUT2D eigenvalue weighted by Crippen LogP contribution is -2.04. The first-order valence-electron chi connectivity index (χ1n) is 8.03. The number of anilines is 1. The largest absolute Gasteiger partial charge is 0.425 e. The van der Waals surface area contributed by atoms with Crippen molar-refractivity contribution in [1.82, 2.24) is 19.9 Å². The topological polar surface area (TPSA) is 63.6 Å². The van der Waals surface area contributed by atoms with E-state index in [4.69, 9.17) is 0 Å². The van der Waals surface area contributed by atoms with Gasteiger partial charge in [0.1, 0.15) is 27.0 Å². The first-order valence-corrected chi connectivity index (χ1v) is 8.85. The van der Waals surface area contributed by atoms with Crippen molar-refractivity contribution in [2.45, 2.75) is 12.7 Å². The molecule has 0 atom stereocenters. The lowest BCUT2D eigenvalue weighted by atomic mass is 10.2. The van der Waals surface area contributed by atoms with Crippen molar-refractivity contribution in [3.05, 3.63) is 65.2 Å². The summed E-state index contributed by atoms with van der Waals surface area (Å²) in [6.07, 6.45) is -0.123. The number of alkyl halides is 3. The van der Waals surface area contributed by atoms with E-state index in [1.54, 1.807) is 12.1 Å². The van der Waals surface area contributed by atoms with E-state index in [2.05, 4.69) is 25.3 Å². The number of benzene rings is 1. The van der Waals surface area contributed by atoms with E-state index in [1.165, 1.54) is 30.7 Å². The van der Waals surface area contributed by atoms with Gasteiger partial charge in [0.2, 0.25) is 0 Å². The number of thiophene rings is 1. The predicted octanol–water partition coefficient (Wildman–Crippen LogP) is 4.92. The molecule has 0 saturated heterocycles. The maximum absolute atomic E-state index is 13.2. The monoisotopic (exact) mass is 405 g/mol. The molecule has 0 aliphatic heterocycles. The molecule has 1 N–H and O–H groups in total. The van der Waals surface area contributed by atoms with Crippen LogP contribution in [0.5, 0.6) is 0 Å². The van der Waals surface area contributed by atoms with E-state index in [0.29, 0.717) is 17.0 Å². The average Bonchev–Trinajstić information content (AvgIpc) is 3.13. The Morgan fingerprint density at radius 2 is 1.82 bits per heavy atom. The molecule has 28 heavy (non-hydrogen) atoms. The van der Waals surface area contributed by atoms with Crippen molar-refractivity contribution in [2.24, 2.45) is 0 Å². The molecule has 0 aliphatic rings. The third kappa shape index (κ3) is 3.77. The molecule has 0 saturated carbocycles. The lowest BCUT2D eigenvalue weighted by molar-refractivity contribution is -0.134. The molecule has 0 fully saturated rings. The summed E-state index contributed by atoms with van der Waals surface area (Å²) < 4.78 is 52.5. The maximum Gasteiger partial charge on any atom is 0.425 e. The second-order valence-electron chi connectivity index (χ2n) is 5.79. The fourth-order valence-electron chi connectivity index (χ4n) is 2.51. The van der Waals surface area contributed by atoms with Gasteiger partial charge in [-0.15, -0.1) is 11.3 Å². The van der Waals surface area contributed by atoms with Crippen molar-refractivity contribution in [3.63, 3.8) is 0 Å². The van der Waals surface area contributed by atoms with Crippen LogP contribution in [0.25, 0.3) is 21.7 Å². The average molecular weight is 405 g/mol. The van der Waals surface area contributed by atoms with Gasteiger partial charge in [0, 0.05) is 18.9 Å². The molecular formula is C18H11F4N5S. The van der Waals surface area contributed by atoms with Gasteiger partial charge in [0.05, 0.1) is 11.6 Å². The maximum atomic E-state index is 13.2. The summed E-state index contributed by atoms with van der Waals surface area (Å²) in [5.74, 6) is 0.0327. The SMILES string of the molecule is Fc1ccc(CNc2nc(-c3cnccn3)nc3sc(C(F)(F)F)cc23)cc1. The van der Waals surface area contributed by atoms with E-state index in [0.717, 1.165) is 11.6 Å². The van der Waals surface area contributed by atoms with Crippen LogP contribution in [0.3, 0.4) is 0 Å². The van der Waals surface area contributed by atoms with Gasteiger partial charge in [0.25, 0.3) is 0 Å². The van der Waals surface area contributed by atoms with Crippen LogP contribution in [0.2, 0.25) is 0 Å². The summed E-state index contributed by atoms with van der Waals surface area (Å²) in [4.78, 5) is 16.0. The minimum absolute atomic E-state index is 0.165. The molecule has 0 unspecified atom stereocenters. The fourth-order valence-corrected chi connectivity index (χ4v) is 3.41. The van der Waals surface area contributed by atoms with Crippen molar-refractivity contribution in [3.8, 4) is 11.5 Å². The molecule has 3 heterocycles. The van der Waals surface area contributed by atoms with Crippen molar-refractivity contribution in [2.75, 3.05) is 5.32 Å². The summed E-state index contributed by atoms with van der Waals surface area (Å²) in [5, 5.41) is 3.27. The zero-order chi connectivity index (χ0) is 19.7. The Labute approximate surface area is 160 Å². The number of hydrogen-bond acceptors (Lipinski definition) is 6. The Morgan fingerprint density at radius 1 is 1.04 bits per heavy atom. The number of aromatic nitrogens is 4. The number of fused-ring (bicyclic) bond motifs is 1. The molecule has 142 valence electrons. The van der Waals surface area contributed by atoms with Crippen LogP contribution >= 0.6 is 11.3 Å². The number of nitrogens with one attached hydrogen (secondary N) is 1. The van der Waals surface area contributed by atoms with Gasteiger partial charge in [0.15, 0.2) is 5.82 Å². The smallest absolute Gasteiger partial charge is 0.365 e. The summed E-state index contributed by atoms with van der Waals surface area (Å²) >= 11 is 0.537. The molecule has 3 aromatic heterocycles. The van der Waals surface area contributed by atoms with Gasteiger partial charge in [-0.3, -0.25) is 4.98 Å². The molecule has 10 heteroatoms. The van der Waals surface area contributed by atoms with Crippen LogP contribution in [0.15, 0.2) is 48.9 Å². The first-order chi connectivity index (χ1) is 13.4. The summed E-state index contributed by atoms with van der Waals surface area (Å²) in [7, 11) is 0. The van der Waals surface area contributed by atoms with Crippen molar-refractivity contribution in [1.29, 1.82) is 0 Å². The number of rotatable bonds is 4. The van der Waals surface area contributed by atoms with Crippen LogP contribution in [-0.2, 0) is 12.7 Å². The fraction of sp³-hybridized carbons (Fsp3) is 0.111. The summed E-state index contributed by atoms with van der Waals surface area (Å²) in [5.41, 5.74) is 1.09. The normalized spacial score (nSPS) is 11.7. The number of nitrogens with zero attached hydrogens (tertiary/aromatic N) is 4. The van der Waals surface area contributed by atoms with E-state index in [1.807, 2.05) is 0 Å². The van der Waals surface area contributed by atoms with E-state index in [-0.39, 0.29) is 34.2 Å². The lowest BCUT2D eigenvalue weighted by Gasteiger charge is -2.09. The third-order valence-electron chi connectivity index (χ3n) is 3.84. The molecule has 0 aliphatic carbocycles. The quantitative estimate of drug-likeness (QED) is 0.489. The first kappa shape index (κ1) is 18.2. The van der Waals surface area contributed by atoms with Crippen LogP contribution in [0.1, 0.15) is 10.4 Å². The van der Waals surface area contributed by atoms with Crippen molar-refractivity contribution >= 4 is 27.4 Å². The number of hydrogen-bond donors (Lipinski definition) is 1. The second kappa shape index (κ2) is 7.12. The molecule has 5 nitrogen and oxygen atoms in total. The Bertz CT molecular complexity index is 1110. The zero-order valence-electron chi connectivity index (χ0n) is 14.0. The standard InChI is InChI=1S/C18H11F4N5S/c19-11-3-1-10(2-4-11)8-25-15-12-7-14(18(20,21)22)28-17(12)27-16(26-15)13-9-23-5-6-24-13/h1-7,9H,8H2,(H,25,26,27). The highest BCUT2D eigenvalue weighted by molar-refractivity contribution is 7.18. The number of halogens is 4. The molecule has 4 rings (SSSR count). The Morgan fingerprint density at radius 3 is 2.50 bits per heavy atom. The van der Waals surface area contributed by atoms with Crippen LogP contribution in [0.4, 0.5) is 23.4 Å². The van der Waals surface area contributed by atoms with Gasteiger partial charge < -0.3 is 5.32 Å². The third-order valence-corrected chi connectivity index (χ3v) is 4.91. The molecule has 0 amide bonds. The molecule has 0 bridgehead atoms. The second-order valence-corrected chi connectivity index (χ2v) is 6.82. The highest BCUT2D eigenvalue weighted by Crippen LogP contribution is 2.39. The predicted molar refractivity (Wildman–Crippen MR) is 97.2 cm³/mol. The van der Waals surface area contributed by atoms with E-state index >= 15 is 0 Å². The minimum Gasteiger partial charge on any atom is -0.365 e. The Kier molecular flexibility index (Phi) is 4.63. The van der Waals surface area contributed by atoms with Crippen molar-refractivity contribution < 1.29 is 17.6 Å². The van der Waals surface area contributed by atoms with Crippen LogP contribution in [0, 0.1) is 5.82 Å². The zero-order valence-corrected chi connectivity index (χ0v) is 14.9. The highest BCUT2D eigenvalue weighted by atomic mass is 32.1. The van der Waals surface area contributed by atoms with Gasteiger partial charge in [-0.2, -0.15) is 13.2 Å². The van der Waals surface area contributed by atoms with Gasteiger partial charge in [-0.05, 0) is 23.8 Å². The van der Waals surface area contributed by atoms with Gasteiger partial charge in [-0.1, -0.05) is 12.1 Å². The summed E-state index contributed by atoms with van der Waals surface area (Å²) in [6.45, 7) is 0.253. The molecule has 1 aromatic carbocycles. The molecule has 4 aromatic rings. The van der Waals surface area contributed by atoms with Gasteiger partial charge >= 0.3 is 6.18 Å². The minimum atomic E-state index is -4.48. The Balaban J connectivity index is 1.77. The van der Waals surface area contributed by atoms with Crippen LogP contribution in [-0.4, -0.2) is 19.9 Å². The highest BCUT2D eigenvalue weighted by Gasteiger charge is 2.33.